The molecule has 164 valence electrons. The van der Waals surface area contributed by atoms with Gasteiger partial charge in [0.15, 0.2) is 11.2 Å². The van der Waals surface area contributed by atoms with E-state index in [4.69, 9.17) is 0 Å². The summed E-state index contributed by atoms with van der Waals surface area (Å²) >= 11 is 0. The summed E-state index contributed by atoms with van der Waals surface area (Å²) < 4.78 is 17.3. The summed E-state index contributed by atoms with van der Waals surface area (Å²) in [5.41, 5.74) is -0.262. The molecule has 0 unspecified atom stereocenters. The van der Waals surface area contributed by atoms with Crippen LogP contribution in [0.25, 0.3) is 11.2 Å². The summed E-state index contributed by atoms with van der Waals surface area (Å²) in [5.74, 6) is 0.222. The quantitative estimate of drug-likeness (QED) is 0.656. The number of aryl methyl sites for hydroxylation is 1. The van der Waals surface area contributed by atoms with Gasteiger partial charge in [0.1, 0.15) is 5.82 Å². The van der Waals surface area contributed by atoms with Crippen molar-refractivity contribution in [3.05, 3.63) is 56.5 Å². The number of imidazole rings is 1. The molecule has 3 heterocycles. The maximum absolute atomic E-state index is 14.4. The van der Waals surface area contributed by atoms with Crippen LogP contribution in [0, 0.1) is 5.82 Å². The molecule has 0 atom stereocenters. The number of H-pyrrole nitrogens is 1. The number of nitrogens with zero attached hydrogens (tertiary/aromatic N) is 5. The molecular weight excluding hydrogens is 403 g/mol. The lowest BCUT2D eigenvalue weighted by atomic mass is 10.2. The Morgan fingerprint density at radius 3 is 2.55 bits per heavy atom. The topological polar surface area (TPSA) is 96.2 Å². The van der Waals surface area contributed by atoms with Crippen molar-refractivity contribution in [2.24, 2.45) is 7.05 Å². The maximum atomic E-state index is 14.4. The number of rotatable bonds is 5. The second kappa shape index (κ2) is 8.37. The van der Waals surface area contributed by atoms with Gasteiger partial charge in [-0.05, 0) is 12.5 Å². The minimum atomic E-state index is -0.565. The van der Waals surface area contributed by atoms with Crippen molar-refractivity contribution in [1.82, 2.24) is 24.0 Å². The van der Waals surface area contributed by atoms with Gasteiger partial charge >= 0.3 is 5.69 Å². The van der Waals surface area contributed by atoms with Crippen LogP contribution in [0.5, 0.6) is 0 Å². The molecule has 1 N–H and O–H groups in total. The van der Waals surface area contributed by atoms with Gasteiger partial charge in [-0.25, -0.2) is 9.18 Å². The first-order valence-corrected chi connectivity index (χ1v) is 10.4. The molecule has 31 heavy (non-hydrogen) atoms. The number of benzene rings is 1. The fourth-order valence-corrected chi connectivity index (χ4v) is 3.94. The standard InChI is InChI=1S/C21H25FN6O3/c1-3-6-16(29)26-9-11-27(12-10-26)20-23-18-17(19(30)24-21(31)25(18)2)28(20)13-14-7-4-5-8-15(14)22/h4-5,7-8H,3,6,9-13H2,1-2H3,(H,24,30,31). The summed E-state index contributed by atoms with van der Waals surface area (Å²) in [7, 11) is 1.53. The highest BCUT2D eigenvalue weighted by Gasteiger charge is 2.26. The van der Waals surface area contributed by atoms with Gasteiger partial charge in [0, 0.05) is 45.2 Å². The Morgan fingerprint density at radius 1 is 1.16 bits per heavy atom. The Balaban J connectivity index is 1.76. The van der Waals surface area contributed by atoms with Crippen molar-refractivity contribution >= 4 is 23.0 Å². The molecule has 0 radical (unpaired) electrons. The predicted octanol–water partition coefficient (Wildman–Crippen LogP) is 1.06. The van der Waals surface area contributed by atoms with Gasteiger partial charge in [-0.15, -0.1) is 0 Å². The van der Waals surface area contributed by atoms with E-state index >= 15 is 0 Å². The van der Waals surface area contributed by atoms with E-state index < -0.39 is 11.2 Å². The molecule has 0 aliphatic carbocycles. The van der Waals surface area contributed by atoms with Crippen molar-refractivity contribution in [2.75, 3.05) is 31.1 Å². The van der Waals surface area contributed by atoms with Gasteiger partial charge in [0.05, 0.1) is 6.54 Å². The van der Waals surface area contributed by atoms with E-state index in [0.29, 0.717) is 44.1 Å². The van der Waals surface area contributed by atoms with Crippen molar-refractivity contribution in [3.63, 3.8) is 0 Å². The normalized spacial score (nSPS) is 14.4. The Kier molecular flexibility index (Phi) is 5.62. The van der Waals surface area contributed by atoms with E-state index in [-0.39, 0.29) is 29.4 Å². The van der Waals surface area contributed by atoms with Crippen LogP contribution in [0.15, 0.2) is 33.9 Å². The predicted molar refractivity (Wildman–Crippen MR) is 115 cm³/mol. The molecule has 10 heteroatoms. The molecule has 3 aromatic rings. The monoisotopic (exact) mass is 428 g/mol. The smallest absolute Gasteiger partial charge is 0.329 e. The largest absolute Gasteiger partial charge is 0.339 e. The van der Waals surface area contributed by atoms with Crippen LogP contribution in [-0.2, 0) is 18.4 Å². The molecule has 1 amide bonds. The molecule has 1 fully saturated rings. The number of amides is 1. The van der Waals surface area contributed by atoms with E-state index in [9.17, 15) is 18.8 Å². The lowest BCUT2D eigenvalue weighted by Gasteiger charge is -2.35. The first kappa shape index (κ1) is 20.8. The van der Waals surface area contributed by atoms with Gasteiger partial charge in [-0.1, -0.05) is 25.1 Å². The lowest BCUT2D eigenvalue weighted by molar-refractivity contribution is -0.131. The van der Waals surface area contributed by atoms with Crippen molar-refractivity contribution < 1.29 is 9.18 Å². The Labute approximate surface area is 177 Å². The van der Waals surface area contributed by atoms with Crippen molar-refractivity contribution in [3.8, 4) is 0 Å². The van der Waals surface area contributed by atoms with Crippen LogP contribution in [0.3, 0.4) is 0 Å². The third-order valence-electron chi connectivity index (χ3n) is 5.65. The number of hydrogen-bond donors (Lipinski definition) is 1. The van der Waals surface area contributed by atoms with E-state index in [2.05, 4.69) is 9.97 Å². The second-order valence-corrected chi connectivity index (χ2v) is 7.70. The molecule has 0 bridgehead atoms. The summed E-state index contributed by atoms with van der Waals surface area (Å²) in [6.07, 6.45) is 1.32. The average molecular weight is 428 g/mol. The number of halogens is 1. The fourth-order valence-electron chi connectivity index (χ4n) is 3.94. The molecule has 1 aliphatic rings. The van der Waals surface area contributed by atoms with Crippen LogP contribution in [-0.4, -0.2) is 56.1 Å². The van der Waals surface area contributed by atoms with Crippen LogP contribution < -0.4 is 16.1 Å². The van der Waals surface area contributed by atoms with Crippen LogP contribution in [0.1, 0.15) is 25.3 Å². The number of carbonyl (C=O) groups is 1. The first-order chi connectivity index (χ1) is 14.9. The molecular formula is C21H25FN6O3. The zero-order valence-corrected chi connectivity index (χ0v) is 17.6. The number of aromatic nitrogens is 4. The van der Waals surface area contributed by atoms with Gasteiger partial charge in [0.2, 0.25) is 11.9 Å². The second-order valence-electron chi connectivity index (χ2n) is 7.70. The number of aromatic amines is 1. The van der Waals surface area contributed by atoms with Gasteiger partial charge in [-0.3, -0.25) is 23.7 Å². The fraction of sp³-hybridized carbons (Fsp3) is 0.429. The lowest BCUT2D eigenvalue weighted by Crippen LogP contribution is -2.49. The number of carbonyl (C=O) groups excluding carboxylic acids is 1. The summed E-state index contributed by atoms with van der Waals surface area (Å²) in [4.78, 5) is 47.7. The van der Waals surface area contributed by atoms with Crippen LogP contribution in [0.4, 0.5) is 10.3 Å². The molecule has 0 saturated carbocycles. The molecule has 1 aromatic carbocycles. The Morgan fingerprint density at radius 2 is 1.87 bits per heavy atom. The van der Waals surface area contributed by atoms with Crippen molar-refractivity contribution in [2.45, 2.75) is 26.3 Å². The molecule has 1 saturated heterocycles. The zero-order chi connectivity index (χ0) is 22.1. The van der Waals surface area contributed by atoms with E-state index in [1.54, 1.807) is 22.8 Å². The number of anilines is 1. The van der Waals surface area contributed by atoms with Crippen molar-refractivity contribution in [1.29, 1.82) is 0 Å². The van der Waals surface area contributed by atoms with Gasteiger partial charge < -0.3 is 9.80 Å². The average Bonchev–Trinajstić information content (AvgIpc) is 3.14. The van der Waals surface area contributed by atoms with Gasteiger partial charge in [-0.2, -0.15) is 4.98 Å². The number of nitrogens with one attached hydrogen (secondary N) is 1. The Hall–Kier alpha value is -3.43. The number of fused-ring (bicyclic) bond motifs is 1. The molecule has 1 aliphatic heterocycles. The highest BCUT2D eigenvalue weighted by atomic mass is 19.1. The van der Waals surface area contributed by atoms with E-state index in [0.717, 1.165) is 6.42 Å². The molecule has 0 spiro atoms. The highest BCUT2D eigenvalue weighted by Crippen LogP contribution is 2.23. The molecule has 9 nitrogen and oxygen atoms in total. The first-order valence-electron chi connectivity index (χ1n) is 10.4. The van der Waals surface area contributed by atoms with Gasteiger partial charge in [0.25, 0.3) is 5.56 Å². The SMILES string of the molecule is CCCC(=O)N1CCN(c2nc3c(c(=O)[nH]c(=O)n3C)n2Cc2ccccc2F)CC1. The summed E-state index contributed by atoms with van der Waals surface area (Å²) in [5, 5.41) is 0. The third-order valence-corrected chi connectivity index (χ3v) is 5.65. The number of hydrogen-bond acceptors (Lipinski definition) is 5. The summed E-state index contributed by atoms with van der Waals surface area (Å²) in [6, 6.07) is 6.36. The zero-order valence-electron chi connectivity index (χ0n) is 17.6. The summed E-state index contributed by atoms with van der Waals surface area (Å²) in [6.45, 7) is 4.20. The molecule has 4 rings (SSSR count). The van der Waals surface area contributed by atoms with E-state index in [1.165, 1.54) is 17.7 Å². The molecule has 2 aromatic heterocycles. The van der Waals surface area contributed by atoms with Crippen LogP contribution >= 0.6 is 0 Å². The Bertz CT molecular complexity index is 1240. The highest BCUT2D eigenvalue weighted by molar-refractivity contribution is 5.77. The number of piperazine rings is 1. The third kappa shape index (κ3) is 3.85. The maximum Gasteiger partial charge on any atom is 0.329 e. The minimum absolute atomic E-state index is 0.0920. The van der Waals surface area contributed by atoms with E-state index in [1.807, 2.05) is 16.7 Å². The minimum Gasteiger partial charge on any atom is -0.339 e. The van der Waals surface area contributed by atoms with Crippen LogP contribution in [0.2, 0.25) is 0 Å².